The maximum Gasteiger partial charge on any atom is 0.201 e. The van der Waals surface area contributed by atoms with Crippen LogP contribution in [0.1, 0.15) is 145 Å². The second-order valence-corrected chi connectivity index (χ2v) is 30.8. The van der Waals surface area contributed by atoms with Crippen LogP contribution >= 0.6 is 23.2 Å². The lowest BCUT2D eigenvalue weighted by Crippen LogP contribution is -2.36. The van der Waals surface area contributed by atoms with Gasteiger partial charge in [0.25, 0.3) is 0 Å². The summed E-state index contributed by atoms with van der Waals surface area (Å²) in [7, 11) is 1.69. The molecule has 0 fully saturated rings. The largest absolute Gasteiger partial charge is 0.496 e. The number of hydrogen-bond acceptors (Lipinski definition) is 5. The van der Waals surface area contributed by atoms with E-state index >= 15 is 0 Å². The van der Waals surface area contributed by atoms with Crippen LogP contribution in [0.3, 0.4) is 0 Å². The topological polar surface area (TPSA) is 176 Å². The van der Waals surface area contributed by atoms with Crippen LogP contribution in [0.15, 0.2) is 225 Å². The summed E-state index contributed by atoms with van der Waals surface area (Å²) in [6.07, 6.45) is 28.0. The summed E-state index contributed by atoms with van der Waals surface area (Å²) in [5, 5.41) is 5.85. The zero-order chi connectivity index (χ0) is 70.9. The van der Waals surface area contributed by atoms with Crippen molar-refractivity contribution in [3.05, 3.63) is 271 Å². The van der Waals surface area contributed by atoms with Gasteiger partial charge >= 0.3 is 0 Å². The molecule has 526 valence electrons. The van der Waals surface area contributed by atoms with Gasteiger partial charge < -0.3 is 47.3 Å². The summed E-state index contributed by atoms with van der Waals surface area (Å²) in [6, 6.07) is 54.7. The molecule has 9 aromatic rings. The Morgan fingerprint density at radius 1 is 0.442 bits per heavy atom. The van der Waals surface area contributed by atoms with Gasteiger partial charge in [-0.2, -0.15) is 0 Å². The van der Waals surface area contributed by atoms with E-state index in [4.69, 9.17) is 65.9 Å². The molecule has 0 bridgehead atoms. The van der Waals surface area contributed by atoms with Crippen LogP contribution in [-0.4, -0.2) is 57.1 Å². The van der Waals surface area contributed by atoms with Gasteiger partial charge in [-0.05, 0) is 236 Å². The van der Waals surface area contributed by atoms with Crippen LogP contribution < -0.4 is 47.3 Å². The predicted molar refractivity (Wildman–Crippen MR) is 433 cm³/mol. The molecule has 0 saturated heterocycles. The van der Waals surface area contributed by atoms with E-state index in [-0.39, 0.29) is 0 Å². The third-order valence-electron chi connectivity index (χ3n) is 23.8. The van der Waals surface area contributed by atoms with E-state index in [2.05, 4.69) is 184 Å². The Bertz CT molecular complexity index is 5160. The van der Waals surface area contributed by atoms with Gasteiger partial charge in [-0.3, -0.25) is 0 Å². The maximum atomic E-state index is 6.57. The van der Waals surface area contributed by atoms with Crippen molar-refractivity contribution in [3.63, 3.8) is 0 Å². The number of anilines is 4. The van der Waals surface area contributed by atoms with Crippen LogP contribution in [0.4, 0.5) is 39.8 Å². The molecule has 15 heteroatoms. The van der Waals surface area contributed by atoms with Crippen molar-refractivity contribution in [3.8, 4) is 5.75 Å². The van der Waals surface area contributed by atoms with Crippen LogP contribution in [0, 0.1) is 11.8 Å². The number of benzene rings is 9. The Kier molecular flexibility index (Phi) is 18.2. The number of methoxy groups -OCH3 is 1. The third-order valence-corrected chi connectivity index (χ3v) is 24.2. The summed E-state index contributed by atoms with van der Waals surface area (Å²) in [5.41, 5.74) is 52.0. The van der Waals surface area contributed by atoms with E-state index in [1.807, 2.05) is 24.3 Å². The van der Waals surface area contributed by atoms with E-state index < -0.39 is 0 Å². The molecule has 9 aromatic carbocycles. The summed E-state index contributed by atoms with van der Waals surface area (Å²) in [6.45, 7) is 8.24. The van der Waals surface area contributed by atoms with Crippen LogP contribution in [-0.2, 0) is 38.5 Å². The first-order valence-corrected chi connectivity index (χ1v) is 38.3. The Morgan fingerprint density at radius 3 is 1.37 bits per heavy atom. The van der Waals surface area contributed by atoms with Crippen molar-refractivity contribution in [1.29, 1.82) is 0 Å². The van der Waals surface area contributed by atoms with E-state index in [1.54, 1.807) is 25.3 Å². The lowest BCUT2D eigenvalue weighted by atomic mass is 9.75. The minimum Gasteiger partial charge on any atom is -0.496 e. The highest BCUT2D eigenvalue weighted by molar-refractivity contribution is 6.35. The number of ether oxygens (including phenoxy) is 1. The van der Waals surface area contributed by atoms with Crippen molar-refractivity contribution in [2.45, 2.75) is 127 Å². The van der Waals surface area contributed by atoms with E-state index in [1.165, 1.54) is 171 Å². The number of nitrogens with zero attached hydrogens (tertiary/aromatic N) is 8. The van der Waals surface area contributed by atoms with Crippen molar-refractivity contribution >= 4 is 108 Å². The lowest BCUT2D eigenvalue weighted by molar-refractivity contribution is 0.420. The number of allylic oxidation sites excluding steroid dienone is 7. The molecule has 7 aliphatic carbocycles. The normalized spacial score (nSPS) is 22.0. The summed E-state index contributed by atoms with van der Waals surface area (Å²) < 4.78 is 5.49. The first-order valence-electron chi connectivity index (χ1n) is 37.6. The second kappa shape index (κ2) is 28.2. The van der Waals surface area contributed by atoms with Crippen LogP contribution in [0.25, 0.3) is 21.5 Å². The van der Waals surface area contributed by atoms with Gasteiger partial charge in [0.2, 0.25) is 23.8 Å². The average Bonchev–Trinajstić information content (AvgIpc) is 1.68. The van der Waals surface area contributed by atoms with Crippen molar-refractivity contribution < 1.29 is 4.74 Å². The molecule has 0 aromatic heterocycles. The molecule has 0 spiro atoms. The Morgan fingerprint density at radius 2 is 0.865 bits per heavy atom. The van der Waals surface area contributed by atoms with Gasteiger partial charge in [-0.25, -0.2) is 20.0 Å². The predicted octanol–water partition coefficient (Wildman–Crippen LogP) is 19.3. The van der Waals surface area contributed by atoms with Crippen LogP contribution in [0.2, 0.25) is 10.0 Å². The number of aryl methyl sites for hydroxylation is 6. The summed E-state index contributed by atoms with van der Waals surface area (Å²) in [4.78, 5) is 28.0. The van der Waals surface area contributed by atoms with Gasteiger partial charge in [0.05, 0.1) is 29.9 Å². The first-order chi connectivity index (χ1) is 50.8. The van der Waals surface area contributed by atoms with E-state index in [9.17, 15) is 0 Å². The number of aliphatic imine (C=N–C) groups is 4. The zero-order valence-corrected chi connectivity index (χ0v) is 61.2. The molecule has 20 rings (SSSR count). The number of rotatable bonds is 5. The van der Waals surface area contributed by atoms with Crippen molar-refractivity contribution in [1.82, 2.24) is 0 Å². The molecule has 6 atom stereocenters. The SMILES string of the molecule is CC1=CC=CC2=C(N=C(N)N3CC4CCCc5cccc3c54)C=CC(C)C12.COc1ccc(N=C(N)N2CC3CCCc4cccc2c43)c2ccccc12.NC(=Nc1cc(Cl)cc(Cl)c1)N1CC2CCCc3cccc1c32.NC(=Nc1ccc2c3c(cccc13)CC2)N1CC2CCCc3cccc1c32. The monoisotopic (exact) mass is 1410 g/mol. The average molecular weight is 1410 g/mol. The van der Waals surface area contributed by atoms with Gasteiger partial charge in [0, 0.05) is 105 Å². The van der Waals surface area contributed by atoms with Gasteiger partial charge in [0.1, 0.15) is 5.75 Å². The standard InChI is InChI=1S/C24H23N3.C24H27N3.C23H23N3O.C18H17Cl2N3/c25-24(27-14-18-7-1-4-15-6-3-9-21(27)23(15)18)26-20-13-12-17-11-10-16-5-2-8-19(20)22(16)17;1-15-6-3-10-19-20(13-12-16(2)22(15)19)26-24(25)27-14-18-9-4-7-17-8-5-11-21(27)23(17)18;1-27-21-13-12-19(17-9-2-3-10-18(17)21)25-23(24)26-14-16-8-4-6-15-7-5-11-20(26)22(15)16;19-13-7-14(20)9-15(8-13)22-18(21)23-10-12-5-1-3-11-4-2-6-16(23)17(11)12/h2-3,5-6,8-9,12-13,18H,1,4,7,10-11,14H2,(H2,25,26);3,5-6,8,10-13,16,18,22H,4,7,9,14H2,1-2H3,(H2,25,26);2-3,5,7,9-13,16H,4,6,8,14H2,1H3,(H2,24,25);2,4,6-9,12H,1,3,5,10H2,(H2,21,22). The Balaban J connectivity index is 0.000000103. The number of halogens is 2. The minimum atomic E-state index is 0.416. The molecule has 0 radical (unpaired) electrons. The molecule has 4 aliphatic heterocycles. The highest BCUT2D eigenvalue weighted by Gasteiger charge is 2.39. The minimum absolute atomic E-state index is 0.416. The summed E-state index contributed by atoms with van der Waals surface area (Å²) >= 11 is 12.1. The highest BCUT2D eigenvalue weighted by Crippen LogP contribution is 2.50. The quantitative estimate of drug-likeness (QED) is 0.0965. The molecule has 4 heterocycles. The van der Waals surface area contributed by atoms with Gasteiger partial charge in [-0.1, -0.05) is 157 Å². The van der Waals surface area contributed by atoms with Gasteiger partial charge in [-0.15, -0.1) is 0 Å². The maximum absolute atomic E-state index is 6.57. The fourth-order valence-corrected chi connectivity index (χ4v) is 19.7. The fourth-order valence-electron chi connectivity index (χ4n) is 19.2. The Labute approximate surface area is 620 Å². The first kappa shape index (κ1) is 67.1. The molecule has 0 saturated carbocycles. The number of nitrogens with two attached hydrogens (primary N) is 4. The fraction of sp³-hybridized carbons (Fsp3) is 0.303. The number of hydrogen-bond donors (Lipinski definition) is 4. The molecule has 11 aliphatic rings. The zero-order valence-electron chi connectivity index (χ0n) is 59.6. The third kappa shape index (κ3) is 12.5. The van der Waals surface area contributed by atoms with Crippen molar-refractivity contribution in [2.24, 2.45) is 54.7 Å². The molecule has 6 unspecified atom stereocenters. The smallest absolute Gasteiger partial charge is 0.201 e. The molecule has 8 N–H and O–H groups in total. The number of guanidine groups is 4. The second-order valence-electron chi connectivity index (χ2n) is 29.9. The van der Waals surface area contributed by atoms with Crippen molar-refractivity contribution in [2.75, 3.05) is 52.9 Å². The molecular formula is C89H90Cl2N12O. The Hall–Kier alpha value is -10.1. The van der Waals surface area contributed by atoms with Gasteiger partial charge in [0.15, 0.2) is 0 Å². The van der Waals surface area contributed by atoms with E-state index in [0.717, 1.165) is 79.0 Å². The van der Waals surface area contributed by atoms with E-state index in [0.29, 0.717) is 75.1 Å². The molecule has 0 amide bonds. The number of fused-ring (bicyclic) bond motifs is 2. The van der Waals surface area contributed by atoms with Crippen LogP contribution in [0.5, 0.6) is 5.75 Å². The molecule has 104 heavy (non-hydrogen) atoms. The highest BCUT2D eigenvalue weighted by atomic mass is 35.5. The molecule has 13 nitrogen and oxygen atoms in total. The summed E-state index contributed by atoms with van der Waals surface area (Å²) in [5.74, 6) is 6.41. The molecular weight excluding hydrogens is 1320 g/mol. The lowest BCUT2D eigenvalue weighted by Gasteiger charge is -2.30.